The third-order valence-corrected chi connectivity index (χ3v) is 6.47. The Morgan fingerprint density at radius 2 is 1.93 bits per heavy atom. The first-order chi connectivity index (χ1) is 14.6. The lowest BCUT2D eigenvalue weighted by molar-refractivity contribution is -0.127. The molecule has 6 nitrogen and oxygen atoms in total. The molecule has 2 bridgehead atoms. The molecule has 0 unspecified atom stereocenters. The summed E-state index contributed by atoms with van der Waals surface area (Å²) < 4.78 is 1.81. The van der Waals surface area contributed by atoms with Crippen LogP contribution in [0.15, 0.2) is 47.3 Å². The zero-order valence-corrected chi connectivity index (χ0v) is 17.5. The van der Waals surface area contributed by atoms with Gasteiger partial charge in [-0.25, -0.2) is 0 Å². The predicted molar refractivity (Wildman–Crippen MR) is 118 cm³/mol. The number of fused-ring (bicyclic) bond motifs is 4. The number of benzene rings is 1. The molecule has 1 aromatic heterocycles. The maximum atomic E-state index is 13.3. The van der Waals surface area contributed by atoms with Gasteiger partial charge in [-0.2, -0.15) is 0 Å². The van der Waals surface area contributed by atoms with Crippen LogP contribution < -0.4 is 10.9 Å². The van der Waals surface area contributed by atoms with Crippen molar-refractivity contribution in [2.45, 2.75) is 32.5 Å². The number of aromatic nitrogens is 1. The van der Waals surface area contributed by atoms with Gasteiger partial charge in [-0.05, 0) is 37.2 Å². The molecule has 0 spiro atoms. The molecule has 1 aromatic carbocycles. The predicted octanol–water partition coefficient (Wildman–Crippen LogP) is 2.14. The van der Waals surface area contributed by atoms with Crippen LogP contribution in [-0.4, -0.2) is 46.2 Å². The molecule has 0 saturated carbocycles. The van der Waals surface area contributed by atoms with Crippen LogP contribution >= 0.6 is 0 Å². The standard InChI is InChI=1S/C24H29N3O3/c1-3-25-23(29)21-18(15-28)20-14-27-19(22(21)26(20)4-2)13-12-17(24(27)30)11-10-16-8-6-5-7-9-16/h5-13,18,20-22,28H,3-4,14-15H2,1-2H3,(H,25,29)/b11-10+/t18-,20-,21+,22+/m1/s1. The van der Waals surface area contributed by atoms with Crippen molar-refractivity contribution < 1.29 is 9.90 Å². The third-order valence-electron chi connectivity index (χ3n) is 6.47. The molecular formula is C24H29N3O3. The van der Waals surface area contributed by atoms with E-state index in [1.54, 1.807) is 0 Å². The number of likely N-dealkylation sites (N-methyl/N-ethyl adjacent to an activating group) is 1. The van der Waals surface area contributed by atoms with E-state index < -0.39 is 0 Å². The van der Waals surface area contributed by atoms with Gasteiger partial charge >= 0.3 is 0 Å². The smallest absolute Gasteiger partial charge is 0.258 e. The summed E-state index contributed by atoms with van der Waals surface area (Å²) in [5.41, 5.74) is 2.48. The Morgan fingerprint density at radius 1 is 1.17 bits per heavy atom. The van der Waals surface area contributed by atoms with Gasteiger partial charge in [-0.15, -0.1) is 0 Å². The maximum Gasteiger partial charge on any atom is 0.258 e. The third kappa shape index (κ3) is 3.40. The van der Waals surface area contributed by atoms with Gasteiger partial charge in [-0.3, -0.25) is 14.5 Å². The molecule has 158 valence electrons. The molecule has 1 saturated heterocycles. The van der Waals surface area contributed by atoms with Crippen LogP contribution in [0.4, 0.5) is 0 Å². The van der Waals surface area contributed by atoms with Crippen molar-refractivity contribution in [2.24, 2.45) is 11.8 Å². The quantitative estimate of drug-likeness (QED) is 0.769. The summed E-state index contributed by atoms with van der Waals surface area (Å²) in [5.74, 6) is -0.598. The van der Waals surface area contributed by atoms with E-state index in [1.807, 2.05) is 66.1 Å². The van der Waals surface area contributed by atoms with E-state index in [4.69, 9.17) is 0 Å². The first-order valence-electron chi connectivity index (χ1n) is 10.7. The number of nitrogens with one attached hydrogen (secondary N) is 1. The van der Waals surface area contributed by atoms with Crippen molar-refractivity contribution >= 4 is 18.1 Å². The highest BCUT2D eigenvalue weighted by Gasteiger charge is 2.55. The highest BCUT2D eigenvalue weighted by Crippen LogP contribution is 2.47. The summed E-state index contributed by atoms with van der Waals surface area (Å²) in [4.78, 5) is 28.4. The topological polar surface area (TPSA) is 74.6 Å². The number of carbonyl (C=O) groups excluding carboxylic acids is 1. The first-order valence-corrected chi connectivity index (χ1v) is 10.7. The van der Waals surface area contributed by atoms with E-state index in [0.717, 1.165) is 17.8 Å². The van der Waals surface area contributed by atoms with Crippen LogP contribution in [0.3, 0.4) is 0 Å². The van der Waals surface area contributed by atoms with E-state index in [-0.39, 0.29) is 42.0 Å². The van der Waals surface area contributed by atoms with Gasteiger partial charge in [0.25, 0.3) is 5.56 Å². The Balaban J connectivity index is 1.75. The van der Waals surface area contributed by atoms with Crippen molar-refractivity contribution in [2.75, 3.05) is 19.7 Å². The number of aliphatic hydroxyl groups is 1. The second-order valence-corrected chi connectivity index (χ2v) is 7.98. The number of rotatable bonds is 6. The molecular weight excluding hydrogens is 378 g/mol. The lowest BCUT2D eigenvalue weighted by Crippen LogP contribution is -2.46. The minimum Gasteiger partial charge on any atom is -0.396 e. The average molecular weight is 408 g/mol. The van der Waals surface area contributed by atoms with E-state index in [9.17, 15) is 14.7 Å². The number of aliphatic hydroxyl groups excluding tert-OH is 1. The van der Waals surface area contributed by atoms with Crippen molar-refractivity contribution in [3.05, 3.63) is 69.6 Å². The number of amides is 1. The number of hydrogen-bond acceptors (Lipinski definition) is 4. The molecule has 2 aliphatic heterocycles. The minimum atomic E-state index is -0.362. The van der Waals surface area contributed by atoms with Gasteiger partial charge in [0.05, 0.1) is 12.0 Å². The van der Waals surface area contributed by atoms with E-state index >= 15 is 0 Å². The Kier molecular flexibility index (Phi) is 5.88. The van der Waals surface area contributed by atoms with Gasteiger partial charge < -0.3 is 15.0 Å². The van der Waals surface area contributed by atoms with E-state index in [0.29, 0.717) is 18.7 Å². The average Bonchev–Trinajstić information content (AvgIpc) is 3.00. The summed E-state index contributed by atoms with van der Waals surface area (Å²) in [6.45, 7) is 5.71. The van der Waals surface area contributed by atoms with Crippen molar-refractivity contribution in [1.82, 2.24) is 14.8 Å². The number of nitrogens with zero attached hydrogens (tertiary/aromatic N) is 2. The summed E-state index contributed by atoms with van der Waals surface area (Å²) in [5, 5.41) is 13.1. The van der Waals surface area contributed by atoms with Crippen molar-refractivity contribution in [3.8, 4) is 0 Å². The number of carbonyl (C=O) groups is 1. The van der Waals surface area contributed by atoms with Crippen LogP contribution in [0.2, 0.25) is 0 Å². The second kappa shape index (κ2) is 8.58. The minimum absolute atomic E-state index is 0.0313. The fourth-order valence-corrected chi connectivity index (χ4v) is 5.14. The summed E-state index contributed by atoms with van der Waals surface area (Å²) >= 11 is 0. The van der Waals surface area contributed by atoms with Crippen LogP contribution in [0.1, 0.15) is 36.7 Å². The molecule has 4 rings (SSSR count). The Morgan fingerprint density at radius 3 is 2.60 bits per heavy atom. The van der Waals surface area contributed by atoms with Gasteiger partial charge in [0.1, 0.15) is 0 Å². The van der Waals surface area contributed by atoms with E-state index in [2.05, 4.69) is 17.1 Å². The molecule has 0 aliphatic carbocycles. The van der Waals surface area contributed by atoms with Crippen LogP contribution in [0, 0.1) is 11.8 Å². The SMILES string of the molecule is CCNC(=O)[C@H]1[C@H](CO)[C@H]2Cn3c(ccc(/C=C/c4ccccc4)c3=O)[C@@H]1N2CC. The van der Waals surface area contributed by atoms with Gasteiger partial charge in [0.15, 0.2) is 0 Å². The highest BCUT2D eigenvalue weighted by atomic mass is 16.3. The highest BCUT2D eigenvalue weighted by molar-refractivity contribution is 5.80. The molecule has 2 aliphatic rings. The van der Waals surface area contributed by atoms with Gasteiger partial charge in [0, 0.05) is 42.9 Å². The fraction of sp³-hybridized carbons (Fsp3) is 0.417. The molecule has 2 aromatic rings. The van der Waals surface area contributed by atoms with Crippen molar-refractivity contribution in [1.29, 1.82) is 0 Å². The Labute approximate surface area is 176 Å². The van der Waals surface area contributed by atoms with Gasteiger partial charge in [0.2, 0.25) is 5.91 Å². The second-order valence-electron chi connectivity index (χ2n) is 7.98. The first kappa shape index (κ1) is 20.6. The molecule has 1 amide bonds. The maximum absolute atomic E-state index is 13.3. The normalized spacial score (nSPS) is 25.4. The largest absolute Gasteiger partial charge is 0.396 e. The Bertz CT molecular complexity index is 999. The molecule has 0 radical (unpaired) electrons. The van der Waals surface area contributed by atoms with Crippen LogP contribution in [0.25, 0.3) is 12.2 Å². The monoisotopic (exact) mass is 407 g/mol. The van der Waals surface area contributed by atoms with Gasteiger partial charge in [-0.1, -0.05) is 43.3 Å². The van der Waals surface area contributed by atoms with Crippen molar-refractivity contribution in [3.63, 3.8) is 0 Å². The lowest BCUT2D eigenvalue weighted by Gasteiger charge is -2.37. The summed E-state index contributed by atoms with van der Waals surface area (Å²) in [7, 11) is 0. The lowest BCUT2D eigenvalue weighted by atomic mass is 9.86. The molecule has 4 atom stereocenters. The van der Waals surface area contributed by atoms with E-state index in [1.165, 1.54) is 0 Å². The fourth-order valence-electron chi connectivity index (χ4n) is 5.14. The molecule has 6 heteroatoms. The number of pyridine rings is 1. The van der Waals surface area contributed by atoms with Crippen LogP contribution in [0.5, 0.6) is 0 Å². The summed E-state index contributed by atoms with van der Waals surface area (Å²) in [6, 6.07) is 13.5. The molecule has 2 N–H and O–H groups in total. The molecule has 3 heterocycles. The Hall–Kier alpha value is -2.70. The zero-order valence-electron chi connectivity index (χ0n) is 17.5. The molecule has 1 fully saturated rings. The summed E-state index contributed by atoms with van der Waals surface area (Å²) in [6.07, 6.45) is 3.79. The van der Waals surface area contributed by atoms with Crippen LogP contribution in [-0.2, 0) is 11.3 Å². The number of hydrogen-bond donors (Lipinski definition) is 2. The zero-order chi connectivity index (χ0) is 21.3. The molecule has 30 heavy (non-hydrogen) atoms.